The van der Waals surface area contributed by atoms with Gasteiger partial charge in [-0.1, -0.05) is 12.1 Å². The molecule has 0 spiro atoms. The summed E-state index contributed by atoms with van der Waals surface area (Å²) >= 11 is 0. The van der Waals surface area contributed by atoms with Gasteiger partial charge in [0.15, 0.2) is 0 Å². The molecule has 4 saturated heterocycles. The normalized spacial score (nSPS) is 30.5. The lowest BCUT2D eigenvalue weighted by Crippen LogP contribution is -2.59. The SMILES string of the molecule is O=C(c1ccccc1F)N1CCC(NC2CN3CCC2CC3)CC1. The van der Waals surface area contributed by atoms with Crippen LogP contribution in [0.2, 0.25) is 0 Å². The first kappa shape index (κ1) is 16.0. The van der Waals surface area contributed by atoms with Gasteiger partial charge in [0.25, 0.3) is 5.91 Å². The van der Waals surface area contributed by atoms with Gasteiger partial charge in [-0.2, -0.15) is 0 Å². The Labute approximate surface area is 143 Å². The summed E-state index contributed by atoms with van der Waals surface area (Å²) in [6, 6.07) is 7.38. The van der Waals surface area contributed by atoms with Crippen LogP contribution in [-0.2, 0) is 0 Å². The van der Waals surface area contributed by atoms with Gasteiger partial charge >= 0.3 is 0 Å². The zero-order valence-electron chi connectivity index (χ0n) is 14.1. The van der Waals surface area contributed by atoms with E-state index in [1.165, 1.54) is 38.5 Å². The van der Waals surface area contributed by atoms with Crippen molar-refractivity contribution in [1.82, 2.24) is 15.1 Å². The lowest BCUT2D eigenvalue weighted by Gasteiger charge is -2.47. The summed E-state index contributed by atoms with van der Waals surface area (Å²) in [4.78, 5) is 16.8. The standard InChI is InChI=1S/C19H26FN3O/c20-17-4-2-1-3-16(17)19(24)23-11-7-15(8-12-23)21-18-13-22-9-5-14(18)6-10-22/h1-4,14-15,18,21H,5-13H2. The number of amides is 1. The van der Waals surface area contributed by atoms with Crippen molar-refractivity contribution in [3.8, 4) is 0 Å². The van der Waals surface area contributed by atoms with Gasteiger partial charge in [0, 0.05) is 31.7 Å². The van der Waals surface area contributed by atoms with Crippen molar-refractivity contribution in [2.24, 2.45) is 5.92 Å². The number of halogens is 1. The Morgan fingerprint density at radius 3 is 2.38 bits per heavy atom. The van der Waals surface area contributed by atoms with Crippen LogP contribution in [0, 0.1) is 11.7 Å². The van der Waals surface area contributed by atoms with Crippen molar-refractivity contribution in [3.63, 3.8) is 0 Å². The number of benzene rings is 1. The van der Waals surface area contributed by atoms with Crippen molar-refractivity contribution < 1.29 is 9.18 Å². The molecule has 0 aliphatic carbocycles. The molecule has 4 heterocycles. The summed E-state index contributed by atoms with van der Waals surface area (Å²) in [5.41, 5.74) is 0.196. The lowest BCUT2D eigenvalue weighted by atomic mass is 9.83. The fourth-order valence-electron chi connectivity index (χ4n) is 4.51. The van der Waals surface area contributed by atoms with Crippen LogP contribution in [0.1, 0.15) is 36.0 Å². The van der Waals surface area contributed by atoms with E-state index in [2.05, 4.69) is 10.2 Å². The van der Waals surface area contributed by atoms with Gasteiger partial charge in [-0.25, -0.2) is 4.39 Å². The van der Waals surface area contributed by atoms with Gasteiger partial charge < -0.3 is 15.1 Å². The lowest BCUT2D eigenvalue weighted by molar-refractivity contribution is 0.0550. The molecular weight excluding hydrogens is 305 g/mol. The highest BCUT2D eigenvalue weighted by atomic mass is 19.1. The molecule has 1 amide bonds. The topological polar surface area (TPSA) is 35.6 Å². The minimum absolute atomic E-state index is 0.172. The van der Waals surface area contributed by atoms with Gasteiger partial charge in [-0.3, -0.25) is 4.79 Å². The van der Waals surface area contributed by atoms with Crippen molar-refractivity contribution in [2.75, 3.05) is 32.7 Å². The van der Waals surface area contributed by atoms with Gasteiger partial charge in [-0.15, -0.1) is 0 Å². The molecule has 2 bridgehead atoms. The molecule has 1 unspecified atom stereocenters. The molecule has 24 heavy (non-hydrogen) atoms. The molecule has 4 aliphatic heterocycles. The maximum atomic E-state index is 13.8. The second-order valence-corrected chi connectivity index (χ2v) is 7.46. The molecule has 4 aliphatic rings. The van der Waals surface area contributed by atoms with Gasteiger partial charge in [0.05, 0.1) is 5.56 Å². The number of piperidine rings is 4. The number of carbonyl (C=O) groups is 1. The largest absolute Gasteiger partial charge is 0.338 e. The fraction of sp³-hybridized carbons (Fsp3) is 0.632. The van der Waals surface area contributed by atoms with E-state index in [-0.39, 0.29) is 11.5 Å². The van der Waals surface area contributed by atoms with E-state index < -0.39 is 5.82 Å². The average Bonchev–Trinajstić information content (AvgIpc) is 2.63. The molecular formula is C19H26FN3O. The number of nitrogens with one attached hydrogen (secondary N) is 1. The second-order valence-electron chi connectivity index (χ2n) is 7.46. The highest BCUT2D eigenvalue weighted by Gasteiger charge is 2.35. The number of hydrogen-bond acceptors (Lipinski definition) is 3. The van der Waals surface area contributed by atoms with E-state index in [0.717, 1.165) is 18.8 Å². The number of rotatable bonds is 3. The summed E-state index contributed by atoms with van der Waals surface area (Å²) in [6.45, 7) is 5.13. The number of fused-ring (bicyclic) bond motifs is 3. The predicted octanol–water partition coefficient (Wildman–Crippen LogP) is 2.11. The van der Waals surface area contributed by atoms with Crippen LogP contribution in [0.4, 0.5) is 4.39 Å². The first-order valence-corrected chi connectivity index (χ1v) is 9.23. The molecule has 5 heteroatoms. The van der Waals surface area contributed by atoms with E-state index in [0.29, 0.717) is 25.2 Å². The third kappa shape index (κ3) is 3.20. The third-order valence-electron chi connectivity index (χ3n) is 5.99. The Hall–Kier alpha value is -1.46. The second kappa shape index (κ2) is 6.81. The zero-order valence-corrected chi connectivity index (χ0v) is 14.1. The van der Waals surface area contributed by atoms with Gasteiger partial charge in [0.2, 0.25) is 0 Å². The van der Waals surface area contributed by atoms with Crippen LogP contribution < -0.4 is 5.32 Å². The van der Waals surface area contributed by atoms with Crippen molar-refractivity contribution in [2.45, 2.75) is 37.8 Å². The van der Waals surface area contributed by atoms with E-state index in [1.54, 1.807) is 23.1 Å². The monoisotopic (exact) mass is 331 g/mol. The Morgan fingerprint density at radius 1 is 1.04 bits per heavy atom. The van der Waals surface area contributed by atoms with Crippen molar-refractivity contribution in [3.05, 3.63) is 35.6 Å². The van der Waals surface area contributed by atoms with E-state index in [4.69, 9.17) is 0 Å². The molecule has 1 aromatic carbocycles. The van der Waals surface area contributed by atoms with Crippen LogP contribution in [-0.4, -0.2) is 60.5 Å². The smallest absolute Gasteiger partial charge is 0.256 e. The van der Waals surface area contributed by atoms with Crippen LogP contribution in [0.5, 0.6) is 0 Å². The predicted molar refractivity (Wildman–Crippen MR) is 91.4 cm³/mol. The quantitative estimate of drug-likeness (QED) is 0.921. The molecule has 1 aromatic rings. The average molecular weight is 331 g/mol. The molecule has 0 radical (unpaired) electrons. The molecule has 4 nitrogen and oxygen atoms in total. The minimum Gasteiger partial charge on any atom is -0.338 e. The van der Waals surface area contributed by atoms with Gasteiger partial charge in [-0.05, 0) is 56.8 Å². The van der Waals surface area contributed by atoms with Crippen molar-refractivity contribution >= 4 is 5.91 Å². The summed E-state index contributed by atoms with van der Waals surface area (Å²) in [5.74, 6) is 0.234. The van der Waals surface area contributed by atoms with E-state index in [9.17, 15) is 9.18 Å². The van der Waals surface area contributed by atoms with Crippen LogP contribution in [0.15, 0.2) is 24.3 Å². The highest BCUT2D eigenvalue weighted by molar-refractivity contribution is 5.94. The third-order valence-corrected chi connectivity index (χ3v) is 5.99. The number of likely N-dealkylation sites (tertiary alicyclic amines) is 1. The number of carbonyl (C=O) groups excluding carboxylic acids is 1. The molecule has 5 rings (SSSR count). The first-order chi connectivity index (χ1) is 11.7. The summed E-state index contributed by atoms with van der Waals surface area (Å²) in [5, 5.41) is 3.85. The first-order valence-electron chi connectivity index (χ1n) is 9.23. The Balaban J connectivity index is 1.31. The maximum absolute atomic E-state index is 13.8. The maximum Gasteiger partial charge on any atom is 0.256 e. The van der Waals surface area contributed by atoms with Crippen molar-refractivity contribution in [1.29, 1.82) is 0 Å². The van der Waals surface area contributed by atoms with Crippen LogP contribution in [0.3, 0.4) is 0 Å². The van der Waals surface area contributed by atoms with E-state index in [1.807, 2.05) is 0 Å². The molecule has 0 aromatic heterocycles. The summed E-state index contributed by atoms with van der Waals surface area (Å²) < 4.78 is 13.8. The van der Waals surface area contributed by atoms with Crippen LogP contribution in [0.25, 0.3) is 0 Å². The van der Waals surface area contributed by atoms with Crippen LogP contribution >= 0.6 is 0 Å². The molecule has 4 fully saturated rings. The number of hydrogen-bond donors (Lipinski definition) is 1. The van der Waals surface area contributed by atoms with Gasteiger partial charge in [0.1, 0.15) is 5.82 Å². The van der Waals surface area contributed by atoms with E-state index >= 15 is 0 Å². The number of nitrogens with zero attached hydrogens (tertiary/aromatic N) is 2. The Bertz CT molecular complexity index is 592. The summed E-state index contributed by atoms with van der Waals surface area (Å²) in [6.07, 6.45) is 4.57. The zero-order chi connectivity index (χ0) is 16.5. The highest BCUT2D eigenvalue weighted by Crippen LogP contribution is 2.28. The summed E-state index contributed by atoms with van der Waals surface area (Å²) in [7, 11) is 0. The molecule has 1 atom stereocenters. The fourth-order valence-corrected chi connectivity index (χ4v) is 4.51. The Kier molecular flexibility index (Phi) is 4.55. The molecule has 130 valence electrons. The molecule has 0 saturated carbocycles. The Morgan fingerprint density at radius 2 is 1.75 bits per heavy atom. The molecule has 1 N–H and O–H groups in total. The minimum atomic E-state index is -0.421.